The van der Waals surface area contributed by atoms with E-state index in [1.54, 1.807) is 50.3 Å². The second-order valence-electron chi connectivity index (χ2n) is 12.5. The first-order valence-electron chi connectivity index (χ1n) is 16.0. The second-order valence-corrected chi connectivity index (χ2v) is 12.9. The van der Waals surface area contributed by atoms with Crippen molar-refractivity contribution in [3.63, 3.8) is 0 Å². The summed E-state index contributed by atoms with van der Waals surface area (Å²) < 4.78 is 12.7. The quantitative estimate of drug-likeness (QED) is 0.227. The molecule has 0 aliphatic carbocycles. The van der Waals surface area contributed by atoms with Crippen molar-refractivity contribution in [2.75, 3.05) is 18.1 Å². The van der Waals surface area contributed by atoms with Crippen LogP contribution in [0.3, 0.4) is 0 Å². The molecule has 3 amide bonds. The number of halogens is 1. The van der Waals surface area contributed by atoms with E-state index in [0.717, 1.165) is 0 Å². The van der Waals surface area contributed by atoms with Gasteiger partial charge in [0.25, 0.3) is 5.91 Å². The molecule has 2 aromatic carbocycles. The van der Waals surface area contributed by atoms with Gasteiger partial charge in [-0.15, -0.1) is 13.2 Å². The SMILES string of the molecule is C=CCCC(=O)N[C@H](C)[C@@H](OC(=O)[C@@H]1[C@@H]2CC[C@]3(O2)[C@H](C(=O)N(CC=C)c2ccccc2Cl)N([C@H](C)CO)C(=O)[C@@H]13)c1ccccc1. The molecule has 2 N–H and O–H groups in total. The van der Waals surface area contributed by atoms with Crippen molar-refractivity contribution in [2.24, 2.45) is 11.8 Å². The number of amides is 3. The Labute approximate surface area is 280 Å². The van der Waals surface area contributed by atoms with Gasteiger partial charge < -0.3 is 29.7 Å². The van der Waals surface area contributed by atoms with Crippen LogP contribution in [0.4, 0.5) is 5.69 Å². The average Bonchev–Trinajstić information content (AvgIpc) is 3.72. The third-order valence-corrected chi connectivity index (χ3v) is 9.81. The fourth-order valence-corrected chi connectivity index (χ4v) is 7.63. The molecule has 0 aromatic heterocycles. The predicted molar refractivity (Wildman–Crippen MR) is 177 cm³/mol. The normalized spacial score (nSPS) is 26.2. The molecule has 2 bridgehead atoms. The van der Waals surface area contributed by atoms with Crippen LogP contribution >= 0.6 is 11.6 Å². The monoisotopic (exact) mass is 663 g/mol. The lowest BCUT2D eigenvalue weighted by atomic mass is 9.70. The standard InChI is InChI=1S/C36H42ClN3O7/c1-5-7-17-28(42)38-23(4)31(24-13-9-8-10-14-24)46-35(45)29-27-18-19-36(47-27)30(29)33(43)40(22(3)21-41)32(36)34(44)39(20-6-2)26-16-12-11-15-25(26)37/h5-6,8-16,22-23,27,29-32,41H,1-2,7,17-21H2,3-4H3,(H,38,42)/t22-,23-,27+,29-,30-,31-,32+,36-/m1/s1. The van der Waals surface area contributed by atoms with E-state index in [9.17, 15) is 24.3 Å². The van der Waals surface area contributed by atoms with E-state index in [0.29, 0.717) is 35.5 Å². The number of hydrogen-bond donors (Lipinski definition) is 2. The maximum Gasteiger partial charge on any atom is 0.313 e. The number of esters is 1. The highest BCUT2D eigenvalue weighted by atomic mass is 35.5. The molecule has 0 radical (unpaired) electrons. The van der Waals surface area contributed by atoms with Gasteiger partial charge in [0.2, 0.25) is 11.8 Å². The van der Waals surface area contributed by atoms with E-state index in [4.69, 9.17) is 21.1 Å². The minimum Gasteiger partial charge on any atom is -0.455 e. The zero-order valence-electron chi connectivity index (χ0n) is 26.7. The van der Waals surface area contributed by atoms with Crippen molar-refractivity contribution in [1.82, 2.24) is 10.2 Å². The number of ether oxygens (including phenoxy) is 2. The molecular weight excluding hydrogens is 622 g/mol. The van der Waals surface area contributed by atoms with Gasteiger partial charge in [0.1, 0.15) is 17.7 Å². The highest BCUT2D eigenvalue weighted by molar-refractivity contribution is 6.34. The number of allylic oxidation sites excluding steroid dienone is 1. The first-order chi connectivity index (χ1) is 22.6. The molecule has 8 atom stereocenters. The van der Waals surface area contributed by atoms with Crippen molar-refractivity contribution in [3.8, 4) is 0 Å². The number of aliphatic hydroxyl groups is 1. The van der Waals surface area contributed by atoms with E-state index < -0.39 is 72.2 Å². The van der Waals surface area contributed by atoms with Crippen molar-refractivity contribution >= 4 is 41.0 Å². The van der Waals surface area contributed by atoms with Crippen molar-refractivity contribution in [2.45, 2.75) is 75.5 Å². The van der Waals surface area contributed by atoms with Crippen LogP contribution in [0.1, 0.15) is 51.2 Å². The van der Waals surface area contributed by atoms with Gasteiger partial charge in [-0.3, -0.25) is 19.2 Å². The number of likely N-dealkylation sites (tertiary alicyclic amines) is 1. The summed E-state index contributed by atoms with van der Waals surface area (Å²) in [5.41, 5.74) is -0.196. The number of carbonyl (C=O) groups excluding carboxylic acids is 4. The Hall–Kier alpha value is -3.99. The molecule has 3 saturated heterocycles. The molecule has 0 unspecified atom stereocenters. The van der Waals surface area contributed by atoms with Crippen LogP contribution in [0, 0.1) is 11.8 Å². The zero-order valence-corrected chi connectivity index (χ0v) is 27.5. The van der Waals surface area contributed by atoms with Crippen LogP contribution in [-0.2, 0) is 28.7 Å². The minimum absolute atomic E-state index is 0.111. The van der Waals surface area contributed by atoms with Crippen LogP contribution in [0.25, 0.3) is 0 Å². The molecule has 10 nitrogen and oxygen atoms in total. The van der Waals surface area contributed by atoms with Crippen molar-refractivity contribution in [3.05, 3.63) is 90.5 Å². The maximum absolute atomic E-state index is 14.6. The summed E-state index contributed by atoms with van der Waals surface area (Å²) in [5.74, 6) is -3.75. The molecule has 3 aliphatic heterocycles. The molecule has 11 heteroatoms. The lowest BCUT2D eigenvalue weighted by Crippen LogP contribution is -2.58. The third kappa shape index (κ3) is 6.34. The lowest BCUT2D eigenvalue weighted by molar-refractivity contribution is -0.162. The number of nitrogens with one attached hydrogen (secondary N) is 1. The Balaban J connectivity index is 1.49. The molecule has 5 rings (SSSR count). The number of aliphatic hydroxyl groups excluding tert-OH is 1. The highest BCUT2D eigenvalue weighted by Gasteiger charge is 2.75. The Morgan fingerprint density at radius 1 is 1.15 bits per heavy atom. The number of anilines is 1. The second kappa shape index (κ2) is 14.4. The summed E-state index contributed by atoms with van der Waals surface area (Å²) in [4.78, 5) is 58.6. The summed E-state index contributed by atoms with van der Waals surface area (Å²) in [7, 11) is 0. The summed E-state index contributed by atoms with van der Waals surface area (Å²) in [6, 6.07) is 13.5. The Morgan fingerprint density at radius 2 is 1.85 bits per heavy atom. The zero-order chi connectivity index (χ0) is 33.9. The summed E-state index contributed by atoms with van der Waals surface area (Å²) >= 11 is 6.52. The van der Waals surface area contributed by atoms with E-state index >= 15 is 0 Å². The van der Waals surface area contributed by atoms with E-state index in [-0.39, 0.29) is 18.9 Å². The molecular formula is C36H42ClN3O7. The molecule has 0 saturated carbocycles. The van der Waals surface area contributed by atoms with Crippen LogP contribution in [-0.4, -0.2) is 76.7 Å². The number of benzene rings is 2. The molecule has 1 spiro atoms. The fraction of sp³-hybridized carbons (Fsp3) is 0.444. The van der Waals surface area contributed by atoms with E-state index in [1.165, 1.54) is 9.80 Å². The molecule has 47 heavy (non-hydrogen) atoms. The topological polar surface area (TPSA) is 125 Å². The third-order valence-electron chi connectivity index (χ3n) is 9.49. The van der Waals surface area contributed by atoms with E-state index in [2.05, 4.69) is 18.5 Å². The van der Waals surface area contributed by atoms with E-state index in [1.807, 2.05) is 30.3 Å². The average molecular weight is 664 g/mol. The van der Waals surface area contributed by atoms with Gasteiger partial charge in [0.05, 0.1) is 47.3 Å². The summed E-state index contributed by atoms with van der Waals surface area (Å²) in [6.45, 7) is 10.6. The number of fused-ring (bicyclic) bond motifs is 1. The fourth-order valence-electron chi connectivity index (χ4n) is 7.39. The van der Waals surface area contributed by atoms with Crippen LogP contribution in [0.2, 0.25) is 5.02 Å². The summed E-state index contributed by atoms with van der Waals surface area (Å²) in [6.07, 6.45) is 3.28. The van der Waals surface area contributed by atoms with Gasteiger partial charge in [0.15, 0.2) is 0 Å². The molecule has 2 aromatic rings. The van der Waals surface area contributed by atoms with Gasteiger partial charge in [-0.05, 0) is 50.8 Å². The molecule has 250 valence electrons. The Bertz CT molecular complexity index is 1520. The largest absolute Gasteiger partial charge is 0.455 e. The van der Waals surface area contributed by atoms with Crippen LogP contribution in [0.5, 0.6) is 0 Å². The van der Waals surface area contributed by atoms with Gasteiger partial charge in [-0.1, -0.05) is 66.2 Å². The first kappa shape index (κ1) is 34.3. The van der Waals surface area contributed by atoms with Gasteiger partial charge in [-0.25, -0.2) is 0 Å². The number of para-hydroxylation sites is 1. The number of carbonyl (C=O) groups is 4. The summed E-state index contributed by atoms with van der Waals surface area (Å²) in [5, 5.41) is 13.5. The number of hydrogen-bond acceptors (Lipinski definition) is 7. The molecule has 3 heterocycles. The first-order valence-corrected chi connectivity index (χ1v) is 16.4. The molecule has 3 fully saturated rings. The van der Waals surface area contributed by atoms with Gasteiger partial charge in [-0.2, -0.15) is 0 Å². The van der Waals surface area contributed by atoms with Gasteiger partial charge in [0, 0.05) is 13.0 Å². The smallest absolute Gasteiger partial charge is 0.313 e. The van der Waals surface area contributed by atoms with Crippen LogP contribution < -0.4 is 10.2 Å². The Kier molecular flexibility index (Phi) is 10.5. The highest BCUT2D eigenvalue weighted by Crippen LogP contribution is 2.59. The predicted octanol–water partition coefficient (Wildman–Crippen LogP) is 4.37. The Morgan fingerprint density at radius 3 is 2.51 bits per heavy atom. The van der Waals surface area contributed by atoms with Gasteiger partial charge >= 0.3 is 5.97 Å². The number of rotatable bonds is 14. The maximum atomic E-state index is 14.6. The van der Waals surface area contributed by atoms with Crippen molar-refractivity contribution < 1.29 is 33.8 Å². The molecule has 3 aliphatic rings. The van der Waals surface area contributed by atoms with Crippen LogP contribution in [0.15, 0.2) is 79.9 Å². The number of nitrogens with zero attached hydrogens (tertiary/aromatic N) is 2. The lowest BCUT2D eigenvalue weighted by Gasteiger charge is -2.38. The minimum atomic E-state index is -1.32. The van der Waals surface area contributed by atoms with Crippen molar-refractivity contribution in [1.29, 1.82) is 0 Å².